The second-order valence-corrected chi connectivity index (χ2v) is 12.5. The van der Waals surface area contributed by atoms with Crippen molar-refractivity contribution in [3.63, 3.8) is 0 Å². The molecule has 0 bridgehead atoms. The summed E-state index contributed by atoms with van der Waals surface area (Å²) in [6.07, 6.45) is 4.08. The maximum absolute atomic E-state index is 14.5. The summed E-state index contributed by atoms with van der Waals surface area (Å²) in [5.41, 5.74) is 14.2. The summed E-state index contributed by atoms with van der Waals surface area (Å²) in [6, 6.07) is 1.90. The van der Waals surface area contributed by atoms with E-state index in [9.17, 15) is 34.3 Å². The molecule has 1 aromatic rings. The number of anilines is 1. The van der Waals surface area contributed by atoms with E-state index in [1.54, 1.807) is 31.1 Å². The second-order valence-electron chi connectivity index (χ2n) is 12.5. The zero-order valence-electron chi connectivity index (χ0n) is 24.5. The molecule has 0 radical (unpaired) electrons. The van der Waals surface area contributed by atoms with E-state index in [-0.39, 0.29) is 17.5 Å². The van der Waals surface area contributed by atoms with Crippen LogP contribution < -0.4 is 22.1 Å². The maximum Gasteiger partial charge on any atom is 0.235 e. The van der Waals surface area contributed by atoms with Gasteiger partial charge >= 0.3 is 0 Å². The topological polar surface area (TPSA) is 214 Å². The number of nitriles is 1. The van der Waals surface area contributed by atoms with Crippen molar-refractivity contribution in [1.82, 2.24) is 4.90 Å². The fourth-order valence-corrected chi connectivity index (χ4v) is 7.68. The number of rotatable bonds is 3. The summed E-state index contributed by atoms with van der Waals surface area (Å²) < 4.78 is 0. The van der Waals surface area contributed by atoms with Gasteiger partial charge in [0.25, 0.3) is 0 Å². The van der Waals surface area contributed by atoms with E-state index in [0.717, 1.165) is 24.8 Å². The molecule has 1 aromatic carbocycles. The van der Waals surface area contributed by atoms with Crippen molar-refractivity contribution in [2.24, 2.45) is 34.5 Å². The fraction of sp³-hybridized carbons (Fsp3) is 0.484. The van der Waals surface area contributed by atoms with Gasteiger partial charge in [-0.1, -0.05) is 17.9 Å². The van der Waals surface area contributed by atoms with Crippen molar-refractivity contribution in [2.45, 2.75) is 49.2 Å². The van der Waals surface area contributed by atoms with Gasteiger partial charge in [0.1, 0.15) is 11.7 Å². The van der Waals surface area contributed by atoms with Crippen LogP contribution in [0.15, 0.2) is 17.7 Å². The molecule has 0 aromatic heterocycles. The predicted octanol–water partition coefficient (Wildman–Crippen LogP) is -0.664. The van der Waals surface area contributed by atoms with E-state index >= 15 is 0 Å². The standard InChI is InChI=1S/C31H34N6O6/c1-36(2)18-11-16(10-9-15-7-5-6-8-15)22(38)19-17(18)12-29(34)13-31(35)25(37(3)4)24(40)20(28(33)43)26(41)30(31,14-32)27(42)21(29)23(19)39/h7,11,20-21,25,38H,5-6,8,12-13,34-35H2,1-4H3,(H2,33,43)/t20?,21?,25-,29-,30+,31-/m1/s1. The number of amides is 1. The van der Waals surface area contributed by atoms with Crippen LogP contribution in [-0.2, 0) is 25.6 Å². The monoisotopic (exact) mass is 586 g/mol. The van der Waals surface area contributed by atoms with E-state index in [1.165, 1.54) is 19.0 Å². The Morgan fingerprint density at radius 1 is 1.09 bits per heavy atom. The molecule has 2 unspecified atom stereocenters. The smallest absolute Gasteiger partial charge is 0.235 e. The second kappa shape index (κ2) is 9.85. The van der Waals surface area contributed by atoms with Crippen molar-refractivity contribution in [2.75, 3.05) is 33.1 Å². The number of primary amides is 1. The largest absolute Gasteiger partial charge is 0.506 e. The number of carbonyl (C=O) groups is 5. The maximum atomic E-state index is 14.5. The lowest BCUT2D eigenvalue weighted by Gasteiger charge is -2.60. The molecular weight excluding hydrogens is 552 g/mol. The van der Waals surface area contributed by atoms with Crippen LogP contribution in [0.1, 0.15) is 47.2 Å². The number of allylic oxidation sites excluding steroid dienone is 2. The number of hydrogen-bond donors (Lipinski definition) is 4. The normalized spacial score (nSPS) is 33.1. The van der Waals surface area contributed by atoms with Crippen molar-refractivity contribution < 1.29 is 29.1 Å². The third kappa shape index (κ3) is 3.91. The van der Waals surface area contributed by atoms with Gasteiger partial charge in [-0.05, 0) is 63.4 Å². The first-order valence-electron chi connectivity index (χ1n) is 14.0. The van der Waals surface area contributed by atoms with E-state index < -0.39 is 75.6 Å². The van der Waals surface area contributed by atoms with Crippen LogP contribution in [0, 0.1) is 40.4 Å². The SMILES string of the molecule is CN(C)c1cc(C#CC2=CCCC2)c(O)c2c1C[C@@]1(N)C[C@@]3(N)[C@H](N(C)C)C(=O)C(C(N)=O)C(=O)[C@@]3(C#N)C(=O)C1C2=O. The molecule has 0 saturated heterocycles. The van der Waals surface area contributed by atoms with Crippen LogP contribution >= 0.6 is 0 Å². The number of nitrogens with two attached hydrogens (primary N) is 3. The molecule has 7 N–H and O–H groups in total. The number of ketones is 4. The number of phenols is 1. The van der Waals surface area contributed by atoms with Crippen LogP contribution in [0.4, 0.5) is 5.69 Å². The number of likely N-dealkylation sites (N-methyl/N-ethyl adjacent to an activating group) is 1. The number of aromatic hydroxyl groups is 1. The molecule has 4 aliphatic rings. The lowest BCUT2D eigenvalue weighted by Crippen LogP contribution is -2.85. The molecule has 0 spiro atoms. The average Bonchev–Trinajstić information content (AvgIpc) is 3.40. The van der Waals surface area contributed by atoms with Gasteiger partial charge in [-0.25, -0.2) is 0 Å². The highest BCUT2D eigenvalue weighted by atomic mass is 16.3. The predicted molar refractivity (Wildman–Crippen MR) is 154 cm³/mol. The highest BCUT2D eigenvalue weighted by molar-refractivity contribution is 6.33. The van der Waals surface area contributed by atoms with Crippen LogP contribution in [0.2, 0.25) is 0 Å². The molecule has 1 amide bonds. The molecule has 12 heteroatoms. The van der Waals surface area contributed by atoms with Crippen LogP contribution in [0.3, 0.4) is 0 Å². The number of fused-ring (bicyclic) bond motifs is 3. The van der Waals surface area contributed by atoms with Gasteiger partial charge in [0, 0.05) is 25.3 Å². The molecule has 5 rings (SSSR count). The Kier molecular flexibility index (Phi) is 6.89. The number of hydrogen-bond acceptors (Lipinski definition) is 11. The third-order valence-electron chi connectivity index (χ3n) is 9.45. The highest BCUT2D eigenvalue weighted by Crippen LogP contribution is 2.57. The zero-order chi connectivity index (χ0) is 31.8. The minimum Gasteiger partial charge on any atom is -0.506 e. The molecule has 4 aliphatic carbocycles. The molecule has 224 valence electrons. The van der Waals surface area contributed by atoms with Crippen LogP contribution in [0.25, 0.3) is 0 Å². The number of benzene rings is 1. The molecule has 2 fully saturated rings. The van der Waals surface area contributed by atoms with Crippen molar-refractivity contribution in [3.05, 3.63) is 34.4 Å². The molecule has 12 nitrogen and oxygen atoms in total. The van der Waals surface area contributed by atoms with Crippen molar-refractivity contribution >= 4 is 34.7 Å². The summed E-state index contributed by atoms with van der Waals surface area (Å²) in [4.78, 5) is 71.7. The summed E-state index contributed by atoms with van der Waals surface area (Å²) in [5.74, 6) is -4.09. The van der Waals surface area contributed by atoms with Gasteiger partial charge in [0.15, 0.2) is 34.5 Å². The summed E-state index contributed by atoms with van der Waals surface area (Å²) in [7, 11) is 6.40. The quantitative estimate of drug-likeness (QED) is 0.258. The summed E-state index contributed by atoms with van der Waals surface area (Å²) in [6.45, 7) is 0. The molecule has 0 heterocycles. The summed E-state index contributed by atoms with van der Waals surface area (Å²) in [5, 5.41) is 21.9. The minimum atomic E-state index is -2.79. The van der Waals surface area contributed by atoms with E-state index in [0.29, 0.717) is 11.3 Å². The Morgan fingerprint density at radius 3 is 2.30 bits per heavy atom. The van der Waals surface area contributed by atoms with E-state index in [4.69, 9.17) is 17.2 Å². The van der Waals surface area contributed by atoms with Crippen molar-refractivity contribution in [1.29, 1.82) is 5.26 Å². The Balaban J connectivity index is 1.76. The number of Topliss-reactive ketones (excluding diaryl/α,β-unsaturated/α-hetero) is 4. The van der Waals surface area contributed by atoms with Crippen LogP contribution in [-0.4, -0.2) is 84.4 Å². The van der Waals surface area contributed by atoms with Gasteiger partial charge in [0.2, 0.25) is 5.91 Å². The Bertz CT molecular complexity index is 1660. The first kappa shape index (κ1) is 30.1. The Labute approximate surface area is 248 Å². The minimum absolute atomic E-state index is 0.146. The fourth-order valence-electron chi connectivity index (χ4n) is 7.68. The van der Waals surface area contributed by atoms with Gasteiger partial charge in [-0.3, -0.25) is 28.9 Å². The zero-order valence-corrected chi connectivity index (χ0v) is 24.5. The molecule has 43 heavy (non-hydrogen) atoms. The molecule has 6 atom stereocenters. The number of nitrogens with zero attached hydrogens (tertiary/aromatic N) is 3. The molecular formula is C31H34N6O6. The van der Waals surface area contributed by atoms with Gasteiger partial charge in [0.05, 0.1) is 28.8 Å². The van der Waals surface area contributed by atoms with Crippen molar-refractivity contribution in [3.8, 4) is 23.7 Å². The van der Waals surface area contributed by atoms with Gasteiger partial charge < -0.3 is 27.2 Å². The first-order chi connectivity index (χ1) is 20.1. The lowest BCUT2D eigenvalue weighted by molar-refractivity contribution is -0.166. The number of carbonyl (C=O) groups excluding carboxylic acids is 5. The lowest BCUT2D eigenvalue weighted by atomic mass is 9.42. The number of phenolic OH excluding ortho intramolecular Hbond substituents is 1. The van der Waals surface area contributed by atoms with E-state index in [2.05, 4.69) is 11.8 Å². The molecule has 0 aliphatic heterocycles. The highest BCUT2D eigenvalue weighted by Gasteiger charge is 2.78. The van der Waals surface area contributed by atoms with E-state index in [1.807, 2.05) is 6.08 Å². The molecule has 2 saturated carbocycles. The van der Waals surface area contributed by atoms with Gasteiger partial charge in [-0.15, -0.1) is 0 Å². The third-order valence-corrected chi connectivity index (χ3v) is 9.45. The Hall–Kier alpha value is -4.36. The first-order valence-corrected chi connectivity index (χ1v) is 14.0. The van der Waals surface area contributed by atoms with Crippen LogP contribution in [0.5, 0.6) is 5.75 Å². The summed E-state index contributed by atoms with van der Waals surface area (Å²) >= 11 is 0. The Morgan fingerprint density at radius 2 is 1.77 bits per heavy atom. The van der Waals surface area contributed by atoms with Gasteiger partial charge in [-0.2, -0.15) is 5.26 Å². The average molecular weight is 587 g/mol.